The third-order valence-corrected chi connectivity index (χ3v) is 3.69. The van der Waals surface area contributed by atoms with Crippen LogP contribution in [0.15, 0.2) is 24.3 Å². The molecule has 0 aliphatic heterocycles. The summed E-state index contributed by atoms with van der Waals surface area (Å²) in [5, 5.41) is 11.4. The van der Waals surface area contributed by atoms with E-state index in [1.54, 1.807) is 18.2 Å². The van der Waals surface area contributed by atoms with Crippen molar-refractivity contribution in [2.45, 2.75) is 38.1 Å². The van der Waals surface area contributed by atoms with Crippen molar-refractivity contribution < 1.29 is 14.3 Å². The van der Waals surface area contributed by atoms with Gasteiger partial charge in [-0.1, -0.05) is 12.1 Å². The second-order valence-corrected chi connectivity index (χ2v) is 5.48. The fourth-order valence-electron chi connectivity index (χ4n) is 2.36. The second-order valence-electron chi connectivity index (χ2n) is 5.48. The summed E-state index contributed by atoms with van der Waals surface area (Å²) in [6.07, 6.45) is 4.48. The molecule has 21 heavy (non-hydrogen) atoms. The van der Waals surface area contributed by atoms with Crippen molar-refractivity contribution in [3.8, 4) is 0 Å². The number of halogens is 1. The molecule has 2 N–H and O–H groups in total. The number of hydrogen-bond acceptors (Lipinski definition) is 3. The van der Waals surface area contributed by atoms with Crippen LogP contribution < -0.4 is 5.32 Å². The van der Waals surface area contributed by atoms with Crippen molar-refractivity contribution in [2.24, 2.45) is 0 Å². The Morgan fingerprint density at radius 3 is 2.71 bits per heavy atom. The van der Waals surface area contributed by atoms with Gasteiger partial charge < -0.3 is 10.4 Å². The Kier molecular flexibility index (Phi) is 6.14. The third kappa shape index (κ3) is 5.44. The van der Waals surface area contributed by atoms with Crippen LogP contribution in [0.3, 0.4) is 0 Å². The lowest BCUT2D eigenvalue weighted by molar-refractivity contribution is -0.116. The molecule has 1 aliphatic carbocycles. The van der Waals surface area contributed by atoms with Crippen molar-refractivity contribution in [1.82, 2.24) is 4.90 Å². The quantitative estimate of drug-likeness (QED) is 0.688. The summed E-state index contributed by atoms with van der Waals surface area (Å²) in [6, 6.07) is 6.78. The van der Waals surface area contributed by atoms with Crippen LogP contribution in [0.5, 0.6) is 0 Å². The van der Waals surface area contributed by atoms with Gasteiger partial charge in [-0.3, -0.25) is 9.69 Å². The van der Waals surface area contributed by atoms with Gasteiger partial charge in [0.2, 0.25) is 5.91 Å². The number of unbranched alkanes of at least 4 members (excludes halogenated alkanes) is 1. The van der Waals surface area contributed by atoms with Crippen LogP contribution in [-0.2, 0) is 4.79 Å². The molecule has 1 aromatic rings. The minimum absolute atomic E-state index is 0.159. The number of nitrogens with one attached hydrogen (secondary N) is 1. The van der Waals surface area contributed by atoms with Gasteiger partial charge in [0.25, 0.3) is 0 Å². The fraction of sp³-hybridized carbons (Fsp3) is 0.562. The number of aliphatic hydroxyl groups excluding tert-OH is 1. The first-order valence-electron chi connectivity index (χ1n) is 7.60. The number of carbonyl (C=O) groups excluding carboxylic acids is 1. The number of amides is 1. The minimum Gasteiger partial charge on any atom is -0.396 e. The predicted octanol–water partition coefficient (Wildman–Crippen LogP) is 2.39. The summed E-state index contributed by atoms with van der Waals surface area (Å²) in [6.45, 7) is 1.82. The van der Waals surface area contributed by atoms with E-state index in [4.69, 9.17) is 5.11 Å². The third-order valence-electron chi connectivity index (χ3n) is 3.69. The van der Waals surface area contributed by atoms with Gasteiger partial charge in [-0.15, -0.1) is 0 Å². The Hall–Kier alpha value is -1.46. The highest BCUT2D eigenvalue weighted by Crippen LogP contribution is 2.27. The van der Waals surface area contributed by atoms with Crippen molar-refractivity contribution >= 4 is 11.6 Å². The van der Waals surface area contributed by atoms with Crippen molar-refractivity contribution in [2.75, 3.05) is 25.0 Å². The summed E-state index contributed by atoms with van der Waals surface area (Å²) >= 11 is 0. The fourth-order valence-corrected chi connectivity index (χ4v) is 2.36. The van der Waals surface area contributed by atoms with E-state index in [1.165, 1.54) is 18.9 Å². The first-order chi connectivity index (χ1) is 10.2. The largest absolute Gasteiger partial charge is 0.396 e. The number of aliphatic hydroxyl groups is 1. The number of rotatable bonds is 9. The Labute approximate surface area is 125 Å². The van der Waals surface area contributed by atoms with Gasteiger partial charge >= 0.3 is 0 Å². The maximum atomic E-state index is 13.4. The molecule has 1 fully saturated rings. The lowest BCUT2D eigenvalue weighted by atomic mass is 10.2. The number of para-hydroxylation sites is 1. The molecule has 0 radical (unpaired) electrons. The van der Waals surface area contributed by atoms with E-state index in [0.717, 1.165) is 19.4 Å². The molecular formula is C16H23FN2O2. The first kappa shape index (κ1) is 15.9. The van der Waals surface area contributed by atoms with E-state index in [-0.39, 0.29) is 18.2 Å². The van der Waals surface area contributed by atoms with E-state index >= 15 is 0 Å². The topological polar surface area (TPSA) is 52.6 Å². The average Bonchev–Trinajstić information content (AvgIpc) is 3.30. The molecule has 5 heteroatoms. The van der Waals surface area contributed by atoms with Gasteiger partial charge in [0.1, 0.15) is 5.82 Å². The minimum atomic E-state index is -0.409. The predicted molar refractivity (Wildman–Crippen MR) is 80.6 cm³/mol. The van der Waals surface area contributed by atoms with Crippen LogP contribution in [0, 0.1) is 5.82 Å². The summed E-state index contributed by atoms with van der Waals surface area (Å²) in [5.41, 5.74) is 0.237. The molecule has 0 aromatic heterocycles. The van der Waals surface area contributed by atoms with Gasteiger partial charge in [0.05, 0.1) is 5.69 Å². The first-order valence-corrected chi connectivity index (χ1v) is 7.60. The van der Waals surface area contributed by atoms with Crippen LogP contribution in [0.1, 0.15) is 32.1 Å². The zero-order chi connectivity index (χ0) is 15.1. The zero-order valence-corrected chi connectivity index (χ0v) is 12.2. The monoisotopic (exact) mass is 294 g/mol. The maximum Gasteiger partial charge on any atom is 0.225 e. The summed E-state index contributed by atoms with van der Waals surface area (Å²) in [7, 11) is 0. The highest BCUT2D eigenvalue weighted by atomic mass is 19.1. The summed E-state index contributed by atoms with van der Waals surface area (Å²) in [5.74, 6) is -0.569. The number of anilines is 1. The van der Waals surface area contributed by atoms with Crippen LogP contribution in [0.2, 0.25) is 0 Å². The van der Waals surface area contributed by atoms with Crippen molar-refractivity contribution in [3.05, 3.63) is 30.1 Å². The molecule has 0 atom stereocenters. The summed E-state index contributed by atoms with van der Waals surface area (Å²) in [4.78, 5) is 14.2. The second kappa shape index (κ2) is 8.10. The van der Waals surface area contributed by atoms with E-state index in [0.29, 0.717) is 19.0 Å². The number of benzene rings is 1. The Bertz CT molecular complexity index is 463. The van der Waals surface area contributed by atoms with E-state index in [2.05, 4.69) is 10.2 Å². The van der Waals surface area contributed by atoms with Gasteiger partial charge in [0, 0.05) is 25.6 Å². The van der Waals surface area contributed by atoms with Crippen molar-refractivity contribution in [1.29, 1.82) is 0 Å². The smallest absolute Gasteiger partial charge is 0.225 e. The molecule has 1 amide bonds. The van der Waals surface area contributed by atoms with Gasteiger partial charge in [-0.25, -0.2) is 4.39 Å². The molecule has 1 saturated carbocycles. The Balaban J connectivity index is 1.75. The normalized spacial score (nSPS) is 14.4. The van der Waals surface area contributed by atoms with Crippen LogP contribution in [0.4, 0.5) is 10.1 Å². The highest BCUT2D eigenvalue weighted by molar-refractivity contribution is 5.90. The molecule has 1 aliphatic rings. The van der Waals surface area contributed by atoms with E-state index in [9.17, 15) is 9.18 Å². The van der Waals surface area contributed by atoms with Crippen LogP contribution in [0.25, 0.3) is 0 Å². The van der Waals surface area contributed by atoms with Gasteiger partial charge in [-0.05, 0) is 44.4 Å². The van der Waals surface area contributed by atoms with Crippen LogP contribution in [-0.4, -0.2) is 41.7 Å². The number of hydrogen-bond donors (Lipinski definition) is 2. The number of carbonyl (C=O) groups is 1. The van der Waals surface area contributed by atoms with Gasteiger partial charge in [0.15, 0.2) is 0 Å². The summed E-state index contributed by atoms with van der Waals surface area (Å²) < 4.78 is 13.4. The molecule has 0 heterocycles. The molecular weight excluding hydrogens is 271 g/mol. The average molecular weight is 294 g/mol. The Morgan fingerprint density at radius 1 is 1.29 bits per heavy atom. The molecule has 2 rings (SSSR count). The van der Waals surface area contributed by atoms with Crippen LogP contribution >= 0.6 is 0 Å². The molecule has 0 bridgehead atoms. The molecule has 0 saturated heterocycles. The highest BCUT2D eigenvalue weighted by Gasteiger charge is 2.28. The van der Waals surface area contributed by atoms with E-state index in [1.807, 2.05) is 0 Å². The SMILES string of the molecule is O=C(CCN(CCCCO)C1CC1)Nc1ccccc1F. The standard InChI is InChI=1S/C16H23FN2O2/c17-14-5-1-2-6-15(14)18-16(21)9-11-19(13-7-8-13)10-3-4-12-20/h1-2,5-6,13,20H,3-4,7-12H2,(H,18,21). The molecule has 0 unspecified atom stereocenters. The van der Waals surface area contributed by atoms with Gasteiger partial charge in [-0.2, -0.15) is 0 Å². The molecule has 1 aromatic carbocycles. The number of nitrogens with zero attached hydrogens (tertiary/aromatic N) is 1. The molecule has 116 valence electrons. The van der Waals surface area contributed by atoms with E-state index < -0.39 is 5.82 Å². The molecule has 4 nitrogen and oxygen atoms in total. The Morgan fingerprint density at radius 2 is 2.05 bits per heavy atom. The van der Waals surface area contributed by atoms with Crippen molar-refractivity contribution in [3.63, 3.8) is 0 Å². The lowest BCUT2D eigenvalue weighted by Crippen LogP contribution is -2.31. The maximum absolute atomic E-state index is 13.4. The lowest BCUT2D eigenvalue weighted by Gasteiger charge is -2.21. The molecule has 0 spiro atoms. The zero-order valence-electron chi connectivity index (χ0n) is 12.2.